The van der Waals surface area contributed by atoms with Gasteiger partial charge in [-0.2, -0.15) is 0 Å². The average molecular weight is 291 g/mol. The first kappa shape index (κ1) is 10.8. The molecule has 1 amide bonds. The van der Waals surface area contributed by atoms with E-state index >= 15 is 0 Å². The second-order valence-corrected chi connectivity index (χ2v) is 4.56. The van der Waals surface area contributed by atoms with Gasteiger partial charge >= 0.3 is 6.09 Å². The minimum absolute atomic E-state index is 0.262. The highest BCUT2D eigenvalue weighted by molar-refractivity contribution is 9.10. The number of benzene rings is 1. The molecular weight excluding hydrogens is 281 g/mol. The van der Waals surface area contributed by atoms with Gasteiger partial charge in [-0.25, -0.2) is 4.79 Å². The molecule has 0 atom stereocenters. The fraction of sp³-hybridized carbons (Fsp3) is 0.300. The normalized spacial score (nSPS) is 15.6. The Kier molecular flexibility index (Phi) is 3.17. The highest BCUT2D eigenvalue weighted by atomic mass is 79.9. The summed E-state index contributed by atoms with van der Waals surface area (Å²) >= 11 is 9.30. The van der Waals surface area contributed by atoms with Crippen molar-refractivity contribution in [1.29, 1.82) is 0 Å². The minimum Gasteiger partial charge on any atom is -0.448 e. The maximum absolute atomic E-state index is 11.2. The summed E-state index contributed by atoms with van der Waals surface area (Å²) in [6.45, 7) is 1.63. The van der Waals surface area contributed by atoms with Crippen LogP contribution < -0.4 is 0 Å². The molecule has 1 saturated heterocycles. The predicted molar refractivity (Wildman–Crippen MR) is 60.9 cm³/mol. The molecule has 0 bridgehead atoms. The number of ether oxygens (including phenoxy) is 1. The van der Waals surface area contributed by atoms with Gasteiger partial charge in [-0.05, 0) is 23.8 Å². The van der Waals surface area contributed by atoms with Crippen molar-refractivity contribution in [3.63, 3.8) is 0 Å². The fourth-order valence-corrected chi connectivity index (χ4v) is 2.01. The third-order valence-electron chi connectivity index (χ3n) is 2.21. The third kappa shape index (κ3) is 2.44. The van der Waals surface area contributed by atoms with Gasteiger partial charge in [0.1, 0.15) is 6.61 Å². The number of halogens is 2. The SMILES string of the molecule is O=C1OCCN1Cc1cc(Cl)ccc1Br. The highest BCUT2D eigenvalue weighted by Gasteiger charge is 2.22. The molecule has 0 aromatic heterocycles. The van der Waals surface area contributed by atoms with Gasteiger partial charge in [-0.15, -0.1) is 0 Å². The van der Waals surface area contributed by atoms with Gasteiger partial charge in [0.15, 0.2) is 0 Å². The molecule has 1 aliphatic rings. The largest absolute Gasteiger partial charge is 0.448 e. The summed E-state index contributed by atoms with van der Waals surface area (Å²) in [5.74, 6) is 0. The van der Waals surface area contributed by atoms with E-state index in [0.29, 0.717) is 24.7 Å². The number of carbonyl (C=O) groups is 1. The molecule has 0 N–H and O–H groups in total. The summed E-state index contributed by atoms with van der Waals surface area (Å²) in [6, 6.07) is 5.52. The molecular formula is C10H9BrClNO2. The Balaban J connectivity index is 2.16. The summed E-state index contributed by atoms with van der Waals surface area (Å²) in [4.78, 5) is 12.9. The van der Waals surface area contributed by atoms with Crippen LogP contribution in [0.1, 0.15) is 5.56 Å². The molecule has 1 aromatic carbocycles. The summed E-state index contributed by atoms with van der Waals surface area (Å²) in [5.41, 5.74) is 0.987. The third-order valence-corrected chi connectivity index (χ3v) is 3.22. The number of amides is 1. The molecule has 3 nitrogen and oxygen atoms in total. The lowest BCUT2D eigenvalue weighted by atomic mass is 10.2. The van der Waals surface area contributed by atoms with Crippen LogP contribution in [0.4, 0.5) is 4.79 Å². The van der Waals surface area contributed by atoms with E-state index in [4.69, 9.17) is 16.3 Å². The number of hydrogen-bond donors (Lipinski definition) is 0. The van der Waals surface area contributed by atoms with Gasteiger partial charge in [0.05, 0.1) is 13.1 Å². The quantitative estimate of drug-likeness (QED) is 0.838. The number of cyclic esters (lactones) is 1. The zero-order valence-electron chi connectivity index (χ0n) is 7.87. The molecule has 0 aliphatic carbocycles. The molecule has 0 spiro atoms. The fourth-order valence-electron chi connectivity index (χ4n) is 1.44. The molecule has 5 heteroatoms. The van der Waals surface area contributed by atoms with E-state index in [0.717, 1.165) is 10.0 Å². The molecule has 80 valence electrons. The monoisotopic (exact) mass is 289 g/mol. The number of rotatable bonds is 2. The van der Waals surface area contributed by atoms with Crippen molar-refractivity contribution in [3.05, 3.63) is 33.3 Å². The van der Waals surface area contributed by atoms with E-state index in [1.54, 1.807) is 11.0 Å². The first-order valence-electron chi connectivity index (χ1n) is 4.52. The van der Waals surface area contributed by atoms with Crippen LogP contribution in [0.15, 0.2) is 22.7 Å². The van der Waals surface area contributed by atoms with Crippen LogP contribution in [0.2, 0.25) is 5.02 Å². The van der Waals surface area contributed by atoms with Crippen molar-refractivity contribution < 1.29 is 9.53 Å². The molecule has 15 heavy (non-hydrogen) atoms. The van der Waals surface area contributed by atoms with E-state index in [1.807, 2.05) is 12.1 Å². The van der Waals surface area contributed by atoms with Crippen molar-refractivity contribution in [3.8, 4) is 0 Å². The molecule has 0 unspecified atom stereocenters. The van der Waals surface area contributed by atoms with Crippen molar-refractivity contribution in [2.45, 2.75) is 6.54 Å². The van der Waals surface area contributed by atoms with Gasteiger partial charge in [0, 0.05) is 9.50 Å². The summed E-state index contributed by atoms with van der Waals surface area (Å²) in [6.07, 6.45) is -0.262. The first-order valence-corrected chi connectivity index (χ1v) is 5.69. The molecule has 2 rings (SSSR count). The van der Waals surface area contributed by atoms with Crippen LogP contribution in [0, 0.1) is 0 Å². The molecule has 1 aliphatic heterocycles. The van der Waals surface area contributed by atoms with E-state index in [2.05, 4.69) is 15.9 Å². The topological polar surface area (TPSA) is 29.5 Å². The van der Waals surface area contributed by atoms with Crippen LogP contribution in [0.5, 0.6) is 0 Å². The van der Waals surface area contributed by atoms with Crippen LogP contribution in [0.3, 0.4) is 0 Å². The highest BCUT2D eigenvalue weighted by Crippen LogP contribution is 2.23. The Hall–Kier alpha value is -0.740. The molecule has 1 fully saturated rings. The van der Waals surface area contributed by atoms with Gasteiger partial charge in [-0.1, -0.05) is 27.5 Å². The lowest BCUT2D eigenvalue weighted by molar-refractivity contribution is 0.157. The van der Waals surface area contributed by atoms with Gasteiger partial charge in [-0.3, -0.25) is 0 Å². The predicted octanol–water partition coefficient (Wildman–Crippen LogP) is 3.05. The Morgan fingerprint density at radius 2 is 2.33 bits per heavy atom. The second kappa shape index (κ2) is 4.41. The summed E-state index contributed by atoms with van der Waals surface area (Å²) in [7, 11) is 0. The van der Waals surface area contributed by atoms with Gasteiger partial charge in [0.2, 0.25) is 0 Å². The molecule has 0 radical (unpaired) electrons. The van der Waals surface area contributed by atoms with Crippen LogP contribution in [0.25, 0.3) is 0 Å². The van der Waals surface area contributed by atoms with Gasteiger partial charge < -0.3 is 9.64 Å². The second-order valence-electron chi connectivity index (χ2n) is 3.27. The average Bonchev–Trinajstić information content (AvgIpc) is 2.58. The number of nitrogens with zero attached hydrogens (tertiary/aromatic N) is 1. The lowest BCUT2D eigenvalue weighted by Crippen LogP contribution is -2.23. The van der Waals surface area contributed by atoms with E-state index in [1.165, 1.54) is 0 Å². The lowest BCUT2D eigenvalue weighted by Gasteiger charge is -2.13. The Morgan fingerprint density at radius 1 is 1.53 bits per heavy atom. The Labute approximate surface area is 101 Å². The standard InChI is InChI=1S/C10H9BrClNO2/c11-9-2-1-8(12)5-7(9)6-13-3-4-15-10(13)14/h1-2,5H,3-4,6H2. The molecule has 1 aromatic rings. The van der Waals surface area contributed by atoms with E-state index in [9.17, 15) is 4.79 Å². The minimum atomic E-state index is -0.262. The smallest absolute Gasteiger partial charge is 0.410 e. The van der Waals surface area contributed by atoms with Gasteiger partial charge in [0.25, 0.3) is 0 Å². The Bertz CT molecular complexity index is 397. The number of hydrogen-bond acceptors (Lipinski definition) is 2. The maximum Gasteiger partial charge on any atom is 0.410 e. The van der Waals surface area contributed by atoms with Crippen LogP contribution >= 0.6 is 27.5 Å². The van der Waals surface area contributed by atoms with Crippen molar-refractivity contribution in [1.82, 2.24) is 4.90 Å². The summed E-state index contributed by atoms with van der Waals surface area (Å²) < 4.78 is 5.80. The first-order chi connectivity index (χ1) is 7.16. The molecule has 0 saturated carbocycles. The van der Waals surface area contributed by atoms with Crippen LogP contribution in [-0.2, 0) is 11.3 Å². The van der Waals surface area contributed by atoms with Crippen molar-refractivity contribution in [2.24, 2.45) is 0 Å². The summed E-state index contributed by atoms with van der Waals surface area (Å²) in [5, 5.41) is 0.667. The zero-order valence-corrected chi connectivity index (χ0v) is 10.2. The number of carbonyl (C=O) groups excluding carboxylic acids is 1. The van der Waals surface area contributed by atoms with Crippen LogP contribution in [-0.4, -0.2) is 24.1 Å². The Morgan fingerprint density at radius 3 is 3.00 bits per heavy atom. The van der Waals surface area contributed by atoms with Crippen molar-refractivity contribution in [2.75, 3.05) is 13.2 Å². The van der Waals surface area contributed by atoms with E-state index in [-0.39, 0.29) is 6.09 Å². The van der Waals surface area contributed by atoms with Crippen molar-refractivity contribution >= 4 is 33.6 Å². The molecule has 1 heterocycles. The zero-order chi connectivity index (χ0) is 10.8. The maximum atomic E-state index is 11.2. The van der Waals surface area contributed by atoms with E-state index < -0.39 is 0 Å².